The van der Waals surface area contributed by atoms with E-state index in [-0.39, 0.29) is 0 Å². The third kappa shape index (κ3) is 8.51. The van der Waals surface area contributed by atoms with E-state index in [1.807, 2.05) is 0 Å². The van der Waals surface area contributed by atoms with Gasteiger partial charge in [-0.05, 0) is 52.4 Å². The molecule has 5 aromatic rings. The van der Waals surface area contributed by atoms with Gasteiger partial charge in [0.25, 0.3) is 5.52 Å². The van der Waals surface area contributed by atoms with Crippen LogP contribution in [-0.4, -0.2) is 70.9 Å². The highest BCUT2D eigenvalue weighted by atomic mass is 16.5. The number of oxazole rings is 1. The van der Waals surface area contributed by atoms with Crippen molar-refractivity contribution in [2.45, 2.75) is 32.7 Å². The Hall–Kier alpha value is -4.65. The summed E-state index contributed by atoms with van der Waals surface area (Å²) in [7, 11) is 13.5. The van der Waals surface area contributed by atoms with E-state index in [2.05, 4.69) is 168 Å². The lowest BCUT2D eigenvalue weighted by Crippen LogP contribution is -2.41. The number of anilines is 1. The van der Waals surface area contributed by atoms with Crippen molar-refractivity contribution in [2.24, 2.45) is 0 Å². The number of quaternary nitrogens is 2. The topological polar surface area (TPSA) is 29.5 Å². The average Bonchev–Trinajstić information content (AvgIpc) is 3.60. The third-order valence-corrected chi connectivity index (χ3v) is 9.12. The van der Waals surface area contributed by atoms with Gasteiger partial charge >= 0.3 is 5.89 Å². The van der Waals surface area contributed by atoms with Gasteiger partial charge in [-0.2, -0.15) is 4.57 Å². The highest BCUT2D eigenvalue weighted by Crippen LogP contribution is 2.42. The summed E-state index contributed by atoms with van der Waals surface area (Å²) in [5, 5.41) is 0. The van der Waals surface area contributed by atoms with Crippen LogP contribution in [0.5, 0.6) is 5.75 Å². The van der Waals surface area contributed by atoms with E-state index in [0.29, 0.717) is 0 Å². The molecule has 254 valence electrons. The van der Waals surface area contributed by atoms with Gasteiger partial charge in [-0.25, -0.2) is 0 Å². The van der Waals surface area contributed by atoms with E-state index in [0.717, 1.165) is 94.3 Å². The van der Waals surface area contributed by atoms with Crippen LogP contribution in [0.4, 0.5) is 5.69 Å². The fourth-order valence-corrected chi connectivity index (χ4v) is 6.47. The van der Waals surface area contributed by atoms with Crippen LogP contribution >= 0.6 is 0 Å². The van der Waals surface area contributed by atoms with Gasteiger partial charge in [0.2, 0.25) is 11.5 Å². The van der Waals surface area contributed by atoms with Crippen molar-refractivity contribution >= 4 is 22.9 Å². The normalized spacial score (nSPS) is 14.5. The molecule has 6 rings (SSSR count). The number of nitrogens with zero attached hydrogens (tertiary/aromatic N) is 4. The molecule has 0 fully saturated rings. The van der Waals surface area contributed by atoms with Gasteiger partial charge in [0, 0.05) is 25.1 Å². The van der Waals surface area contributed by atoms with Crippen molar-refractivity contribution in [1.29, 1.82) is 0 Å². The fraction of sp³-hybridized carbons (Fsp3) is 0.326. The van der Waals surface area contributed by atoms with Gasteiger partial charge in [-0.15, -0.1) is 0 Å². The Bertz CT molecular complexity index is 1940. The smallest absolute Gasteiger partial charge is 0.374 e. The first-order chi connectivity index (χ1) is 23.5. The monoisotopic (exact) mass is 657 g/mol. The number of aromatic nitrogens is 1. The minimum absolute atomic E-state index is 0.844. The van der Waals surface area contributed by atoms with Crippen molar-refractivity contribution in [3.63, 3.8) is 0 Å². The zero-order chi connectivity index (χ0) is 34.6. The van der Waals surface area contributed by atoms with Crippen LogP contribution in [0.25, 0.3) is 39.4 Å². The highest BCUT2D eigenvalue weighted by Gasteiger charge is 2.28. The molecule has 0 saturated heterocycles. The molecule has 0 radical (unpaired) electrons. The van der Waals surface area contributed by atoms with E-state index >= 15 is 0 Å². The second-order valence-electron chi connectivity index (χ2n) is 15.2. The summed E-state index contributed by atoms with van der Waals surface area (Å²) in [5.41, 5.74) is 9.11. The number of fused-ring (bicyclic) bond motifs is 2. The second kappa shape index (κ2) is 14.5. The number of allylic oxidation sites excluding steroid dienone is 2. The van der Waals surface area contributed by atoms with Crippen molar-refractivity contribution in [3.8, 4) is 28.0 Å². The maximum absolute atomic E-state index is 6.62. The molecule has 1 aromatic heterocycles. The maximum atomic E-state index is 6.62. The molecule has 2 heterocycles. The summed E-state index contributed by atoms with van der Waals surface area (Å²) in [4.78, 5) is 2.36. The Morgan fingerprint density at radius 2 is 1.33 bits per heavy atom. The first-order valence-electron chi connectivity index (χ1n) is 17.7. The molecular weight excluding hydrogens is 604 g/mol. The van der Waals surface area contributed by atoms with Crippen molar-refractivity contribution in [2.75, 3.05) is 66.8 Å². The number of rotatable bonds is 13. The molecule has 0 atom stereocenters. The molecule has 6 heteroatoms. The molecule has 0 spiro atoms. The van der Waals surface area contributed by atoms with Crippen LogP contribution in [0.1, 0.15) is 32.1 Å². The zero-order valence-electron chi connectivity index (χ0n) is 30.4. The lowest BCUT2D eigenvalue weighted by molar-refractivity contribution is -0.873. The number of hydrogen-bond donors (Lipinski definition) is 0. The zero-order valence-corrected chi connectivity index (χ0v) is 30.4. The minimum atomic E-state index is 0.844. The second-order valence-corrected chi connectivity index (χ2v) is 15.2. The average molecular weight is 658 g/mol. The van der Waals surface area contributed by atoms with E-state index in [1.54, 1.807) is 0 Å². The lowest BCUT2D eigenvalue weighted by atomic mass is 10.0. The number of benzene rings is 4. The molecule has 0 bridgehead atoms. The van der Waals surface area contributed by atoms with Crippen LogP contribution in [-0.2, 0) is 6.54 Å². The molecule has 0 N–H and O–H groups in total. The van der Waals surface area contributed by atoms with Gasteiger partial charge < -0.3 is 23.0 Å². The Kier molecular flexibility index (Phi) is 10.1. The quantitative estimate of drug-likeness (QED) is 0.0937. The molecule has 1 aliphatic rings. The Morgan fingerprint density at radius 3 is 1.96 bits per heavy atom. The van der Waals surface area contributed by atoms with Crippen molar-refractivity contribution in [3.05, 3.63) is 120 Å². The molecule has 0 saturated carbocycles. The number of aryl methyl sites for hydroxylation is 1. The largest absolute Gasteiger partial charge is 0.439 e. The summed E-state index contributed by atoms with van der Waals surface area (Å²) in [6.07, 6.45) is 7.37. The van der Waals surface area contributed by atoms with Gasteiger partial charge in [0.1, 0.15) is 0 Å². The maximum Gasteiger partial charge on any atom is 0.374 e. The number of hydrogen-bond acceptors (Lipinski definition) is 3. The van der Waals surface area contributed by atoms with Crippen LogP contribution < -0.4 is 14.2 Å². The van der Waals surface area contributed by atoms with Crippen molar-refractivity contribution < 1.29 is 22.7 Å². The summed E-state index contributed by atoms with van der Waals surface area (Å²) in [6.45, 7) is 6.11. The molecule has 0 amide bonds. The predicted octanol–water partition coefficient (Wildman–Crippen LogP) is 8.78. The minimum Gasteiger partial charge on any atom is -0.439 e. The highest BCUT2D eigenvalue weighted by molar-refractivity contribution is 5.79. The molecule has 0 unspecified atom stereocenters. The summed E-state index contributed by atoms with van der Waals surface area (Å²) in [5.74, 6) is 2.64. The van der Waals surface area contributed by atoms with Crippen LogP contribution in [0, 0.1) is 0 Å². The molecule has 49 heavy (non-hydrogen) atoms. The number of ether oxygens (including phenoxy) is 1. The van der Waals surface area contributed by atoms with E-state index in [4.69, 9.17) is 9.15 Å². The first kappa shape index (κ1) is 34.2. The van der Waals surface area contributed by atoms with E-state index in [9.17, 15) is 0 Å². The summed E-state index contributed by atoms with van der Waals surface area (Å²) >= 11 is 0. The van der Waals surface area contributed by atoms with Gasteiger partial charge in [-0.3, -0.25) is 0 Å². The van der Waals surface area contributed by atoms with Crippen LogP contribution in [0.2, 0.25) is 0 Å². The van der Waals surface area contributed by atoms with Gasteiger partial charge in [0.15, 0.2) is 12.3 Å². The van der Waals surface area contributed by atoms with Gasteiger partial charge in [0.05, 0.1) is 73.6 Å². The summed E-state index contributed by atoms with van der Waals surface area (Å²) < 4.78 is 17.5. The molecule has 0 aliphatic carbocycles. The van der Waals surface area contributed by atoms with E-state index in [1.165, 1.54) is 22.3 Å². The first-order valence-corrected chi connectivity index (χ1v) is 17.7. The van der Waals surface area contributed by atoms with Crippen molar-refractivity contribution in [1.82, 2.24) is 0 Å². The van der Waals surface area contributed by atoms with E-state index < -0.39 is 0 Å². The Balaban J connectivity index is 1.38. The van der Waals surface area contributed by atoms with Crippen LogP contribution in [0.15, 0.2) is 119 Å². The predicted molar refractivity (Wildman–Crippen MR) is 203 cm³/mol. The van der Waals surface area contributed by atoms with Crippen LogP contribution in [0.3, 0.4) is 0 Å². The lowest BCUT2D eigenvalue weighted by Gasteiger charge is -2.26. The molecule has 4 aromatic carbocycles. The summed E-state index contributed by atoms with van der Waals surface area (Å²) in [6, 6.07) is 34.3. The standard InChI is InChI=1S/C43H53N4O2/c1-8-33(29-42-44(25-15-27-46(2,3)4)38-31-36(21-23-40(38)48-42)34-17-11-9-12-18-34)30-43-45(26-16-28-47(5,6)7)39-32-37(22-24-41(39)49-43)35-19-13-10-14-20-35/h9-14,17-24,29-32H,8,15-16,25-28H2,1-7H3/q+3. The Morgan fingerprint density at radius 1 is 0.714 bits per heavy atom. The molecule has 1 aliphatic heterocycles. The fourth-order valence-electron chi connectivity index (χ4n) is 6.47. The molecule has 6 nitrogen and oxygen atoms in total. The molecular formula is C43H53N4O2+3. The SMILES string of the molecule is CCC(=Cc1oc2ccc(-c3ccccc3)cc2[n+]1CCC[N+](C)(C)C)C=C1Oc2ccc(-c3ccccc3)cc2N1CCC[N+](C)(C)C. The Labute approximate surface area is 293 Å². The third-order valence-electron chi connectivity index (χ3n) is 9.12. The van der Waals surface area contributed by atoms with Gasteiger partial charge in [-0.1, -0.05) is 79.7 Å².